The summed E-state index contributed by atoms with van der Waals surface area (Å²) < 4.78 is 42.3. The van der Waals surface area contributed by atoms with Crippen LogP contribution in [0.15, 0.2) is 54.9 Å². The van der Waals surface area contributed by atoms with Crippen molar-refractivity contribution in [1.82, 2.24) is 19.7 Å². The minimum Gasteiger partial charge on any atom is -0.406 e. The molecule has 0 N–H and O–H groups in total. The van der Waals surface area contributed by atoms with Crippen molar-refractivity contribution in [3.8, 4) is 22.6 Å². The van der Waals surface area contributed by atoms with Crippen LogP contribution >= 0.6 is 0 Å². The zero-order chi connectivity index (χ0) is 21.0. The molecule has 0 aliphatic carbocycles. The SMILES string of the molecule is CCN(CC)C(=O)c1ncn(-c2cccc(-c3ccc(OC(F)(F)F)cc3)c2)n1. The van der Waals surface area contributed by atoms with Gasteiger partial charge in [-0.1, -0.05) is 24.3 Å². The molecule has 0 saturated heterocycles. The first-order valence-corrected chi connectivity index (χ1v) is 8.98. The Labute approximate surface area is 165 Å². The van der Waals surface area contributed by atoms with Crippen molar-refractivity contribution in [3.05, 3.63) is 60.7 Å². The first kappa shape index (κ1) is 20.4. The molecule has 0 fully saturated rings. The third kappa shape index (κ3) is 4.92. The van der Waals surface area contributed by atoms with Crippen LogP contribution in [-0.2, 0) is 0 Å². The Hall–Kier alpha value is -3.36. The number of rotatable bonds is 6. The van der Waals surface area contributed by atoms with Gasteiger partial charge in [-0.3, -0.25) is 4.79 Å². The highest BCUT2D eigenvalue weighted by atomic mass is 19.4. The van der Waals surface area contributed by atoms with Gasteiger partial charge in [0.1, 0.15) is 12.1 Å². The predicted molar refractivity (Wildman–Crippen MR) is 101 cm³/mol. The zero-order valence-corrected chi connectivity index (χ0v) is 15.8. The van der Waals surface area contributed by atoms with Gasteiger partial charge >= 0.3 is 6.36 Å². The number of aromatic nitrogens is 3. The molecule has 152 valence electrons. The lowest BCUT2D eigenvalue weighted by molar-refractivity contribution is -0.274. The molecule has 9 heteroatoms. The third-order valence-corrected chi connectivity index (χ3v) is 4.27. The molecule has 0 aliphatic rings. The molecule has 3 aromatic rings. The number of alkyl halides is 3. The van der Waals surface area contributed by atoms with Gasteiger partial charge in [-0.25, -0.2) is 9.67 Å². The van der Waals surface area contributed by atoms with Crippen LogP contribution in [0.1, 0.15) is 24.5 Å². The van der Waals surface area contributed by atoms with Gasteiger partial charge in [0.2, 0.25) is 5.82 Å². The second-order valence-electron chi connectivity index (χ2n) is 6.11. The van der Waals surface area contributed by atoms with Crippen molar-refractivity contribution in [2.75, 3.05) is 13.1 Å². The molecule has 2 aromatic carbocycles. The number of halogens is 3. The average Bonchev–Trinajstić information content (AvgIpc) is 3.18. The van der Waals surface area contributed by atoms with Crippen molar-refractivity contribution in [2.45, 2.75) is 20.2 Å². The van der Waals surface area contributed by atoms with E-state index in [1.165, 1.54) is 35.3 Å². The molecule has 1 heterocycles. The average molecular weight is 404 g/mol. The van der Waals surface area contributed by atoms with Crippen LogP contribution < -0.4 is 4.74 Å². The molecule has 0 atom stereocenters. The van der Waals surface area contributed by atoms with E-state index in [9.17, 15) is 18.0 Å². The van der Waals surface area contributed by atoms with Crippen molar-refractivity contribution in [2.24, 2.45) is 0 Å². The molecule has 0 spiro atoms. The molecule has 3 rings (SSSR count). The molecular formula is C20H19F3N4O2. The number of benzene rings is 2. The van der Waals surface area contributed by atoms with Crippen LogP contribution in [0.5, 0.6) is 5.75 Å². The molecule has 29 heavy (non-hydrogen) atoms. The van der Waals surface area contributed by atoms with Crippen molar-refractivity contribution >= 4 is 5.91 Å². The predicted octanol–water partition coefficient (Wildman–Crippen LogP) is 4.31. The Balaban J connectivity index is 1.82. The fraction of sp³-hybridized carbons (Fsp3) is 0.250. The smallest absolute Gasteiger partial charge is 0.406 e. The second kappa shape index (κ2) is 8.34. The van der Waals surface area contributed by atoms with Crippen molar-refractivity contribution < 1.29 is 22.7 Å². The van der Waals surface area contributed by atoms with E-state index in [2.05, 4.69) is 14.8 Å². The van der Waals surface area contributed by atoms with Crippen LogP contribution in [0.2, 0.25) is 0 Å². The highest BCUT2D eigenvalue weighted by molar-refractivity contribution is 5.90. The number of nitrogens with zero attached hydrogens (tertiary/aromatic N) is 4. The van der Waals surface area contributed by atoms with Gasteiger partial charge < -0.3 is 9.64 Å². The monoisotopic (exact) mass is 404 g/mol. The normalized spacial score (nSPS) is 11.3. The van der Waals surface area contributed by atoms with E-state index in [1.54, 1.807) is 23.1 Å². The Morgan fingerprint density at radius 1 is 1.07 bits per heavy atom. The van der Waals surface area contributed by atoms with E-state index in [0.29, 0.717) is 24.3 Å². The van der Waals surface area contributed by atoms with Crippen LogP contribution in [0.3, 0.4) is 0 Å². The maximum atomic E-state index is 12.4. The summed E-state index contributed by atoms with van der Waals surface area (Å²) in [4.78, 5) is 18.1. The van der Waals surface area contributed by atoms with E-state index in [0.717, 1.165) is 5.56 Å². The Morgan fingerprint density at radius 2 is 1.76 bits per heavy atom. The summed E-state index contributed by atoms with van der Waals surface area (Å²) in [6, 6.07) is 12.8. The summed E-state index contributed by atoms with van der Waals surface area (Å²) in [5, 5.41) is 4.26. The number of carbonyl (C=O) groups is 1. The molecular weight excluding hydrogens is 385 g/mol. The van der Waals surface area contributed by atoms with Crippen LogP contribution in [0, 0.1) is 0 Å². The molecule has 6 nitrogen and oxygen atoms in total. The first-order chi connectivity index (χ1) is 13.8. The molecule has 1 aromatic heterocycles. The molecule has 1 amide bonds. The Morgan fingerprint density at radius 3 is 2.38 bits per heavy atom. The summed E-state index contributed by atoms with van der Waals surface area (Å²) in [6.45, 7) is 4.89. The van der Waals surface area contributed by atoms with E-state index in [-0.39, 0.29) is 17.5 Å². The second-order valence-corrected chi connectivity index (χ2v) is 6.11. The molecule has 0 aliphatic heterocycles. The van der Waals surface area contributed by atoms with Gasteiger partial charge in [-0.05, 0) is 49.2 Å². The first-order valence-electron chi connectivity index (χ1n) is 8.98. The zero-order valence-electron chi connectivity index (χ0n) is 15.8. The van der Waals surface area contributed by atoms with Crippen LogP contribution in [0.4, 0.5) is 13.2 Å². The maximum Gasteiger partial charge on any atom is 0.573 e. The fourth-order valence-corrected chi connectivity index (χ4v) is 2.81. The molecule has 0 radical (unpaired) electrons. The van der Waals surface area contributed by atoms with Crippen LogP contribution in [0.25, 0.3) is 16.8 Å². The third-order valence-electron chi connectivity index (χ3n) is 4.27. The lowest BCUT2D eigenvalue weighted by atomic mass is 10.1. The van der Waals surface area contributed by atoms with E-state index < -0.39 is 6.36 Å². The lowest BCUT2D eigenvalue weighted by Gasteiger charge is -2.15. The van der Waals surface area contributed by atoms with Gasteiger partial charge in [-0.2, -0.15) is 0 Å². The molecule has 0 unspecified atom stereocenters. The fourth-order valence-electron chi connectivity index (χ4n) is 2.81. The van der Waals surface area contributed by atoms with Gasteiger partial charge in [0.05, 0.1) is 5.69 Å². The standard InChI is InChI=1S/C20H19F3N4O2/c1-3-26(4-2)19(28)18-24-13-27(25-18)16-7-5-6-15(12-16)14-8-10-17(11-9-14)29-20(21,22)23/h5-13H,3-4H2,1-2H3. The summed E-state index contributed by atoms with van der Waals surface area (Å²) in [6.07, 6.45) is -3.27. The van der Waals surface area contributed by atoms with Crippen molar-refractivity contribution in [3.63, 3.8) is 0 Å². The van der Waals surface area contributed by atoms with Gasteiger partial charge in [0.25, 0.3) is 5.91 Å². The number of amides is 1. The summed E-state index contributed by atoms with van der Waals surface area (Å²) in [7, 11) is 0. The lowest BCUT2D eigenvalue weighted by Crippen LogP contribution is -2.31. The highest BCUT2D eigenvalue weighted by Crippen LogP contribution is 2.27. The number of hydrogen-bond donors (Lipinski definition) is 0. The minimum atomic E-state index is -4.73. The molecule has 0 bridgehead atoms. The van der Waals surface area contributed by atoms with Crippen LogP contribution in [-0.4, -0.2) is 45.0 Å². The number of carbonyl (C=O) groups excluding carboxylic acids is 1. The van der Waals surface area contributed by atoms with E-state index >= 15 is 0 Å². The largest absolute Gasteiger partial charge is 0.573 e. The minimum absolute atomic E-state index is 0.104. The summed E-state index contributed by atoms with van der Waals surface area (Å²) in [5.74, 6) is -0.425. The highest BCUT2D eigenvalue weighted by Gasteiger charge is 2.31. The summed E-state index contributed by atoms with van der Waals surface area (Å²) >= 11 is 0. The maximum absolute atomic E-state index is 12.4. The number of hydrogen-bond acceptors (Lipinski definition) is 4. The molecule has 0 saturated carbocycles. The number of ether oxygens (including phenoxy) is 1. The van der Waals surface area contributed by atoms with Gasteiger partial charge in [-0.15, -0.1) is 18.3 Å². The van der Waals surface area contributed by atoms with Gasteiger partial charge in [0, 0.05) is 13.1 Å². The topological polar surface area (TPSA) is 60.2 Å². The quantitative estimate of drug-likeness (QED) is 0.614. The Bertz CT molecular complexity index is 980. The van der Waals surface area contributed by atoms with Gasteiger partial charge in [0.15, 0.2) is 0 Å². The Kier molecular flexibility index (Phi) is 5.86. The van der Waals surface area contributed by atoms with E-state index in [1.807, 2.05) is 19.9 Å². The summed E-state index contributed by atoms with van der Waals surface area (Å²) in [5.41, 5.74) is 2.15. The van der Waals surface area contributed by atoms with Crippen molar-refractivity contribution in [1.29, 1.82) is 0 Å². The van der Waals surface area contributed by atoms with E-state index in [4.69, 9.17) is 0 Å².